The van der Waals surface area contributed by atoms with Crippen LogP contribution in [0, 0.1) is 0 Å². The van der Waals surface area contributed by atoms with Crippen molar-refractivity contribution in [2.45, 2.75) is 19.4 Å². The number of nitrogens with one attached hydrogen (secondary N) is 1. The number of amides is 1. The minimum Gasteiger partial charge on any atom is -0.394 e. The number of carbonyl (C=O) groups excluding carboxylic acids is 2. The molecule has 0 saturated heterocycles. The van der Waals surface area contributed by atoms with Crippen LogP contribution in [0.3, 0.4) is 0 Å². The predicted molar refractivity (Wildman–Crippen MR) is 65.5 cm³/mol. The summed E-state index contributed by atoms with van der Waals surface area (Å²) in [6, 6.07) is 1.48. The first-order valence-corrected chi connectivity index (χ1v) is 5.54. The standard InChI is InChI=1S/C12H18N2O4/c1-8(17)9-4-10(14(3)5-9)11(18)13-12(2,6-15)7-16/h4-5,15-16H,6-7H2,1-3H3,(H,13,18). The molecule has 3 N–H and O–H groups in total. The summed E-state index contributed by atoms with van der Waals surface area (Å²) < 4.78 is 1.53. The Kier molecular flexibility index (Phi) is 4.26. The number of Topliss-reactive ketones (excluding diaryl/α,β-unsaturated/α-hetero) is 1. The first-order valence-electron chi connectivity index (χ1n) is 5.54. The molecule has 6 heteroatoms. The van der Waals surface area contributed by atoms with Crippen molar-refractivity contribution in [1.82, 2.24) is 9.88 Å². The molecule has 1 aromatic rings. The molecular formula is C12H18N2O4. The average molecular weight is 254 g/mol. The van der Waals surface area contributed by atoms with Crippen molar-refractivity contribution in [3.63, 3.8) is 0 Å². The van der Waals surface area contributed by atoms with E-state index < -0.39 is 11.4 Å². The Morgan fingerprint density at radius 2 is 1.94 bits per heavy atom. The van der Waals surface area contributed by atoms with Gasteiger partial charge in [-0.15, -0.1) is 0 Å². The molecule has 1 aromatic heterocycles. The molecule has 0 spiro atoms. The number of nitrogens with zero attached hydrogens (tertiary/aromatic N) is 1. The summed E-state index contributed by atoms with van der Waals surface area (Å²) in [5.41, 5.74) is -0.344. The van der Waals surface area contributed by atoms with Gasteiger partial charge in [0.1, 0.15) is 5.69 Å². The lowest BCUT2D eigenvalue weighted by Gasteiger charge is -2.26. The maximum absolute atomic E-state index is 12.0. The van der Waals surface area contributed by atoms with Crippen molar-refractivity contribution in [2.24, 2.45) is 7.05 Å². The number of aryl methyl sites for hydroxylation is 1. The third-order valence-electron chi connectivity index (χ3n) is 2.76. The predicted octanol–water partition coefficient (Wildman–Crippen LogP) is -0.299. The summed E-state index contributed by atoms with van der Waals surface area (Å²) in [7, 11) is 1.65. The van der Waals surface area contributed by atoms with E-state index in [1.165, 1.54) is 24.5 Å². The molecule has 6 nitrogen and oxygen atoms in total. The van der Waals surface area contributed by atoms with Crippen molar-refractivity contribution in [3.8, 4) is 0 Å². The van der Waals surface area contributed by atoms with Crippen LogP contribution in [0.4, 0.5) is 0 Å². The van der Waals surface area contributed by atoms with Crippen molar-refractivity contribution in [3.05, 3.63) is 23.5 Å². The zero-order valence-electron chi connectivity index (χ0n) is 10.7. The number of ketones is 1. The Morgan fingerprint density at radius 1 is 1.39 bits per heavy atom. The van der Waals surface area contributed by atoms with Crippen LogP contribution in [-0.2, 0) is 7.05 Å². The van der Waals surface area contributed by atoms with Gasteiger partial charge in [-0.05, 0) is 19.9 Å². The second-order valence-electron chi connectivity index (χ2n) is 4.61. The molecule has 0 saturated carbocycles. The van der Waals surface area contributed by atoms with E-state index in [2.05, 4.69) is 5.32 Å². The highest BCUT2D eigenvalue weighted by Crippen LogP contribution is 2.10. The topological polar surface area (TPSA) is 91.6 Å². The quantitative estimate of drug-likeness (QED) is 0.629. The van der Waals surface area contributed by atoms with Crippen LogP contribution in [0.5, 0.6) is 0 Å². The van der Waals surface area contributed by atoms with E-state index in [0.29, 0.717) is 11.3 Å². The Hall–Kier alpha value is -1.66. The molecule has 0 aliphatic rings. The molecule has 1 rings (SSSR count). The molecule has 0 unspecified atom stereocenters. The summed E-state index contributed by atoms with van der Waals surface area (Å²) >= 11 is 0. The molecule has 0 aliphatic carbocycles. The van der Waals surface area contributed by atoms with E-state index >= 15 is 0 Å². The van der Waals surface area contributed by atoms with Gasteiger partial charge >= 0.3 is 0 Å². The van der Waals surface area contributed by atoms with Crippen molar-refractivity contribution in [2.75, 3.05) is 13.2 Å². The second kappa shape index (κ2) is 5.32. The summed E-state index contributed by atoms with van der Waals surface area (Å²) in [4.78, 5) is 23.2. The maximum Gasteiger partial charge on any atom is 0.268 e. The number of aliphatic hydroxyl groups is 2. The van der Waals surface area contributed by atoms with Gasteiger partial charge in [-0.3, -0.25) is 9.59 Å². The highest BCUT2D eigenvalue weighted by molar-refractivity contribution is 5.99. The molecule has 1 amide bonds. The van der Waals surface area contributed by atoms with E-state index in [9.17, 15) is 9.59 Å². The summed E-state index contributed by atoms with van der Waals surface area (Å²) in [5, 5.41) is 20.7. The van der Waals surface area contributed by atoms with Crippen LogP contribution in [-0.4, -0.2) is 45.2 Å². The lowest BCUT2D eigenvalue weighted by atomic mass is 10.1. The van der Waals surface area contributed by atoms with Gasteiger partial charge < -0.3 is 20.1 Å². The molecule has 0 radical (unpaired) electrons. The summed E-state index contributed by atoms with van der Waals surface area (Å²) in [6.07, 6.45) is 1.56. The zero-order chi connectivity index (χ0) is 13.9. The van der Waals surface area contributed by atoms with E-state index in [4.69, 9.17) is 10.2 Å². The van der Waals surface area contributed by atoms with E-state index in [0.717, 1.165) is 0 Å². The molecule has 18 heavy (non-hydrogen) atoms. The van der Waals surface area contributed by atoms with Gasteiger partial charge in [-0.2, -0.15) is 0 Å². The number of aromatic nitrogens is 1. The molecular weight excluding hydrogens is 236 g/mol. The van der Waals surface area contributed by atoms with Gasteiger partial charge in [0.25, 0.3) is 5.91 Å². The van der Waals surface area contributed by atoms with Crippen molar-refractivity contribution in [1.29, 1.82) is 0 Å². The highest BCUT2D eigenvalue weighted by atomic mass is 16.3. The first-order chi connectivity index (χ1) is 8.33. The fourth-order valence-corrected chi connectivity index (χ4v) is 1.45. The second-order valence-corrected chi connectivity index (χ2v) is 4.61. The Labute approximate surface area is 105 Å². The van der Waals surface area contributed by atoms with Crippen LogP contribution in [0.1, 0.15) is 34.7 Å². The Bertz CT molecular complexity index is 461. The van der Waals surface area contributed by atoms with Gasteiger partial charge in [0.15, 0.2) is 5.78 Å². The summed E-state index contributed by atoms with van der Waals surface area (Å²) in [6.45, 7) is 2.20. The van der Waals surface area contributed by atoms with Crippen LogP contribution < -0.4 is 5.32 Å². The third-order valence-corrected chi connectivity index (χ3v) is 2.76. The van der Waals surface area contributed by atoms with Crippen LogP contribution in [0.2, 0.25) is 0 Å². The summed E-state index contributed by atoms with van der Waals surface area (Å²) in [5.74, 6) is -0.577. The fraction of sp³-hybridized carbons (Fsp3) is 0.500. The molecule has 0 aromatic carbocycles. The maximum atomic E-state index is 12.0. The Balaban J connectivity index is 2.94. The van der Waals surface area contributed by atoms with E-state index in [1.807, 2.05) is 0 Å². The monoisotopic (exact) mass is 254 g/mol. The van der Waals surface area contributed by atoms with Crippen molar-refractivity contribution < 1.29 is 19.8 Å². The zero-order valence-corrected chi connectivity index (χ0v) is 10.7. The molecule has 0 bridgehead atoms. The number of aliphatic hydroxyl groups excluding tert-OH is 2. The number of rotatable bonds is 5. The lowest BCUT2D eigenvalue weighted by molar-refractivity contribution is 0.0717. The van der Waals surface area contributed by atoms with Crippen LogP contribution in [0.15, 0.2) is 12.3 Å². The van der Waals surface area contributed by atoms with Crippen LogP contribution in [0.25, 0.3) is 0 Å². The molecule has 0 aliphatic heterocycles. The number of carbonyl (C=O) groups is 2. The van der Waals surface area contributed by atoms with Gasteiger partial charge in [0.05, 0.1) is 18.8 Å². The van der Waals surface area contributed by atoms with Gasteiger partial charge in [0, 0.05) is 18.8 Å². The number of hydrogen-bond donors (Lipinski definition) is 3. The smallest absolute Gasteiger partial charge is 0.268 e. The van der Waals surface area contributed by atoms with Crippen molar-refractivity contribution >= 4 is 11.7 Å². The molecule has 100 valence electrons. The Morgan fingerprint density at radius 3 is 2.33 bits per heavy atom. The third kappa shape index (κ3) is 2.96. The normalized spacial score (nSPS) is 11.4. The van der Waals surface area contributed by atoms with Gasteiger partial charge in [-0.1, -0.05) is 0 Å². The molecule has 0 atom stereocenters. The number of hydrogen-bond acceptors (Lipinski definition) is 4. The van der Waals surface area contributed by atoms with E-state index in [-0.39, 0.29) is 19.0 Å². The van der Waals surface area contributed by atoms with Gasteiger partial charge in [0.2, 0.25) is 0 Å². The molecule has 1 heterocycles. The SMILES string of the molecule is CC(=O)c1cc(C(=O)NC(C)(CO)CO)n(C)c1. The largest absolute Gasteiger partial charge is 0.394 e. The average Bonchev–Trinajstić information content (AvgIpc) is 2.71. The van der Waals surface area contributed by atoms with Crippen LogP contribution >= 0.6 is 0 Å². The van der Waals surface area contributed by atoms with E-state index in [1.54, 1.807) is 13.2 Å². The highest BCUT2D eigenvalue weighted by Gasteiger charge is 2.26. The first kappa shape index (κ1) is 14.4. The minimum atomic E-state index is -1.09. The molecule has 0 fully saturated rings. The minimum absolute atomic E-state index is 0.128. The van der Waals surface area contributed by atoms with Gasteiger partial charge in [-0.25, -0.2) is 0 Å². The lowest BCUT2D eigenvalue weighted by Crippen LogP contribution is -2.52. The fourth-order valence-electron chi connectivity index (χ4n) is 1.45.